The van der Waals surface area contributed by atoms with Gasteiger partial charge in [-0.05, 0) is 56.5 Å². The fourth-order valence-corrected chi connectivity index (χ4v) is 4.81. The van der Waals surface area contributed by atoms with Crippen LogP contribution in [0.3, 0.4) is 0 Å². The standard InChI is InChI=1S/C26H25ClN4O4/c1-3-20-21(25(33)31(28-20)18-10-8-17(27)9-11-18)22-23(29-12-4-6-16(2)14-29)26(34)30(24(22)32)15-19-7-5-13-35-19/h4,6,8-12,14,19H,3,5,7,13,15H2,1-2H3/p+1/t19-/m0/s1. The third-order valence-electron chi connectivity index (χ3n) is 6.41. The molecule has 8 nitrogen and oxygen atoms in total. The molecule has 1 atom stereocenters. The lowest BCUT2D eigenvalue weighted by Gasteiger charge is -2.18. The maximum absolute atomic E-state index is 13.8. The molecule has 2 amide bonds. The molecular weight excluding hydrogens is 468 g/mol. The first-order valence-corrected chi connectivity index (χ1v) is 12.1. The number of amides is 2. The molecule has 1 N–H and O–H groups in total. The number of aromatic nitrogens is 3. The minimum absolute atomic E-state index is 0.106. The largest absolute Gasteiger partial charge is 0.376 e. The van der Waals surface area contributed by atoms with E-state index in [1.807, 2.05) is 26.0 Å². The summed E-state index contributed by atoms with van der Waals surface area (Å²) in [5.41, 5.74) is 2.16. The number of nitrogens with one attached hydrogen (secondary N) is 1. The summed E-state index contributed by atoms with van der Waals surface area (Å²) in [5, 5.41) is 3.68. The highest BCUT2D eigenvalue weighted by molar-refractivity contribution is 6.44. The topological polar surface area (TPSA) is 88.3 Å². The molecule has 1 fully saturated rings. The number of nitrogens with zero attached hydrogens (tertiary/aromatic N) is 3. The van der Waals surface area contributed by atoms with Crippen LogP contribution in [0.1, 0.15) is 36.6 Å². The van der Waals surface area contributed by atoms with Crippen molar-refractivity contribution < 1.29 is 18.9 Å². The Bertz CT molecular complexity index is 1400. The molecule has 0 saturated carbocycles. The highest BCUT2D eigenvalue weighted by Gasteiger charge is 2.48. The maximum Gasteiger partial charge on any atom is 0.327 e. The predicted octanol–water partition coefficient (Wildman–Crippen LogP) is 2.89. The summed E-state index contributed by atoms with van der Waals surface area (Å²) in [6, 6.07) is 10.5. The molecule has 2 aliphatic heterocycles. The Hall–Kier alpha value is -3.49. The molecule has 1 saturated heterocycles. The van der Waals surface area contributed by atoms with Crippen molar-refractivity contribution in [2.45, 2.75) is 39.2 Å². The molecule has 0 radical (unpaired) electrons. The molecule has 4 heterocycles. The van der Waals surface area contributed by atoms with Crippen LogP contribution in [0.4, 0.5) is 0 Å². The van der Waals surface area contributed by atoms with E-state index < -0.39 is 17.4 Å². The molecule has 3 aromatic rings. The fourth-order valence-electron chi connectivity index (χ4n) is 4.69. The zero-order chi connectivity index (χ0) is 24.7. The molecule has 35 heavy (non-hydrogen) atoms. The Balaban J connectivity index is 1.70. The van der Waals surface area contributed by atoms with Crippen LogP contribution in [-0.2, 0) is 20.7 Å². The second kappa shape index (κ2) is 9.28. The van der Waals surface area contributed by atoms with Crippen LogP contribution in [0.2, 0.25) is 5.02 Å². The monoisotopic (exact) mass is 493 g/mol. The number of H-pyrrole nitrogens is 1. The number of rotatable bonds is 6. The predicted molar refractivity (Wildman–Crippen MR) is 131 cm³/mol. The van der Waals surface area contributed by atoms with Gasteiger partial charge in [-0.25, -0.2) is 4.68 Å². The summed E-state index contributed by atoms with van der Waals surface area (Å²) in [4.78, 5) is 42.4. The number of carbonyl (C=O) groups is 2. The van der Waals surface area contributed by atoms with Crippen molar-refractivity contribution >= 4 is 34.7 Å². The van der Waals surface area contributed by atoms with Gasteiger partial charge in [0.1, 0.15) is 5.57 Å². The number of aromatic amines is 1. The molecule has 0 spiro atoms. The summed E-state index contributed by atoms with van der Waals surface area (Å²) in [5.74, 6) is -0.916. The maximum atomic E-state index is 13.8. The molecule has 1 aromatic carbocycles. The highest BCUT2D eigenvalue weighted by Crippen LogP contribution is 2.31. The van der Waals surface area contributed by atoms with Gasteiger partial charge in [-0.2, -0.15) is 4.57 Å². The Morgan fingerprint density at radius 3 is 2.57 bits per heavy atom. The molecule has 0 aliphatic carbocycles. The van der Waals surface area contributed by atoms with E-state index in [1.54, 1.807) is 41.2 Å². The van der Waals surface area contributed by atoms with Gasteiger partial charge in [0.2, 0.25) is 0 Å². The van der Waals surface area contributed by atoms with E-state index in [-0.39, 0.29) is 29.5 Å². The third kappa shape index (κ3) is 4.13. The number of hydrogen-bond donors (Lipinski definition) is 1. The first-order chi connectivity index (χ1) is 16.9. The average Bonchev–Trinajstić information content (AvgIpc) is 3.53. The van der Waals surface area contributed by atoms with Crippen LogP contribution in [0.5, 0.6) is 0 Å². The lowest BCUT2D eigenvalue weighted by atomic mass is 10.0. The fraction of sp³-hybridized carbons (Fsp3) is 0.308. The van der Waals surface area contributed by atoms with Crippen LogP contribution in [-0.4, -0.2) is 45.8 Å². The van der Waals surface area contributed by atoms with Gasteiger partial charge >= 0.3 is 5.91 Å². The molecule has 5 rings (SSSR count). The van der Waals surface area contributed by atoms with Crippen molar-refractivity contribution in [2.75, 3.05) is 13.2 Å². The first kappa shape index (κ1) is 23.3. The van der Waals surface area contributed by atoms with Crippen LogP contribution in [0, 0.1) is 6.92 Å². The number of hydrogen-bond acceptors (Lipinski definition) is 4. The Labute approximate surface area is 207 Å². The number of aryl methyl sites for hydroxylation is 2. The van der Waals surface area contributed by atoms with Crippen molar-refractivity contribution in [1.82, 2.24) is 14.7 Å². The smallest absolute Gasteiger partial charge is 0.327 e. The molecule has 2 aromatic heterocycles. The number of benzene rings is 1. The lowest BCUT2D eigenvalue weighted by Crippen LogP contribution is -2.42. The van der Waals surface area contributed by atoms with Gasteiger partial charge in [-0.15, -0.1) is 0 Å². The summed E-state index contributed by atoms with van der Waals surface area (Å²) < 4.78 is 8.72. The number of ether oxygens (including phenoxy) is 1. The SMILES string of the molecule is CCc1[nH]n(-c2ccc(Cl)cc2)c(=O)c1C1=C([n+]2cccc(C)c2)C(=O)N(C[C@@H]2CCCO2)C1=O. The molecule has 180 valence electrons. The van der Waals surface area contributed by atoms with Crippen molar-refractivity contribution in [3.05, 3.63) is 81.0 Å². The zero-order valence-electron chi connectivity index (χ0n) is 19.6. The molecular formula is C26H26ClN4O4+. The van der Waals surface area contributed by atoms with Crippen molar-refractivity contribution in [1.29, 1.82) is 0 Å². The quantitative estimate of drug-likeness (QED) is 0.422. The summed E-state index contributed by atoms with van der Waals surface area (Å²) in [6.07, 6.45) is 5.45. The number of halogens is 1. The minimum atomic E-state index is -0.483. The molecule has 2 aliphatic rings. The van der Waals surface area contributed by atoms with Gasteiger partial charge in [0.25, 0.3) is 17.2 Å². The molecule has 0 bridgehead atoms. The van der Waals surface area contributed by atoms with E-state index in [9.17, 15) is 14.4 Å². The van der Waals surface area contributed by atoms with Crippen LogP contribution in [0.15, 0.2) is 53.6 Å². The first-order valence-electron chi connectivity index (χ1n) is 11.7. The van der Waals surface area contributed by atoms with Crippen molar-refractivity contribution in [2.24, 2.45) is 0 Å². The van der Waals surface area contributed by atoms with E-state index in [2.05, 4.69) is 5.10 Å². The van der Waals surface area contributed by atoms with Gasteiger partial charge in [0, 0.05) is 29.0 Å². The normalized spacial score (nSPS) is 18.3. The van der Waals surface area contributed by atoms with Gasteiger partial charge in [-0.3, -0.25) is 24.4 Å². The number of imide groups is 1. The summed E-state index contributed by atoms with van der Waals surface area (Å²) in [7, 11) is 0. The number of pyridine rings is 1. The van der Waals surface area contributed by atoms with Gasteiger partial charge in [-0.1, -0.05) is 18.5 Å². The van der Waals surface area contributed by atoms with Crippen molar-refractivity contribution in [3.8, 4) is 5.69 Å². The van der Waals surface area contributed by atoms with Crippen LogP contribution < -0.4 is 10.1 Å². The van der Waals surface area contributed by atoms with E-state index in [4.69, 9.17) is 16.3 Å². The second-order valence-corrected chi connectivity index (χ2v) is 9.24. The van der Waals surface area contributed by atoms with Gasteiger partial charge in [0.05, 0.1) is 23.9 Å². The summed E-state index contributed by atoms with van der Waals surface area (Å²) in [6.45, 7) is 4.58. The van der Waals surface area contributed by atoms with Crippen LogP contribution in [0.25, 0.3) is 17.0 Å². The lowest BCUT2D eigenvalue weighted by molar-refractivity contribution is -0.577. The van der Waals surface area contributed by atoms with E-state index in [0.29, 0.717) is 29.4 Å². The average molecular weight is 494 g/mol. The third-order valence-corrected chi connectivity index (χ3v) is 6.67. The minimum Gasteiger partial charge on any atom is -0.376 e. The van der Waals surface area contributed by atoms with E-state index >= 15 is 0 Å². The van der Waals surface area contributed by atoms with Crippen LogP contribution >= 0.6 is 11.6 Å². The Morgan fingerprint density at radius 1 is 1.14 bits per heavy atom. The van der Waals surface area contributed by atoms with Gasteiger partial charge in [0.15, 0.2) is 12.4 Å². The van der Waals surface area contributed by atoms with Gasteiger partial charge < -0.3 is 4.74 Å². The molecule has 9 heteroatoms. The van der Waals surface area contributed by atoms with E-state index in [1.165, 1.54) is 9.58 Å². The Morgan fingerprint density at radius 2 is 1.91 bits per heavy atom. The zero-order valence-corrected chi connectivity index (χ0v) is 20.3. The highest BCUT2D eigenvalue weighted by atomic mass is 35.5. The summed E-state index contributed by atoms with van der Waals surface area (Å²) >= 11 is 6.02. The van der Waals surface area contributed by atoms with E-state index in [0.717, 1.165) is 18.4 Å². The Kier molecular flexibility index (Phi) is 6.17. The second-order valence-electron chi connectivity index (χ2n) is 8.80. The molecule has 0 unspecified atom stereocenters. The van der Waals surface area contributed by atoms with Crippen molar-refractivity contribution in [3.63, 3.8) is 0 Å². The number of carbonyl (C=O) groups excluding carboxylic acids is 2.